The third-order valence-corrected chi connectivity index (χ3v) is 4.52. The van der Waals surface area contributed by atoms with E-state index in [0.717, 1.165) is 22.9 Å². The van der Waals surface area contributed by atoms with Crippen molar-refractivity contribution >= 4 is 34.8 Å². The van der Waals surface area contributed by atoms with Gasteiger partial charge in [-0.05, 0) is 36.4 Å². The molecule has 1 aliphatic heterocycles. The number of aryl methyl sites for hydroxylation is 1. The Labute approximate surface area is 156 Å². The summed E-state index contributed by atoms with van der Waals surface area (Å²) in [6, 6.07) is 15.6. The predicted molar refractivity (Wildman–Crippen MR) is 104 cm³/mol. The van der Waals surface area contributed by atoms with Crippen molar-refractivity contribution in [2.75, 3.05) is 0 Å². The number of para-hydroxylation sites is 1. The van der Waals surface area contributed by atoms with Gasteiger partial charge in [0.2, 0.25) is 5.91 Å². The van der Waals surface area contributed by atoms with Crippen molar-refractivity contribution in [3.05, 3.63) is 70.1 Å². The Morgan fingerprint density at radius 1 is 1.19 bits per heavy atom. The number of hydrogen-bond acceptors (Lipinski definition) is 4. The van der Waals surface area contributed by atoms with Gasteiger partial charge in [0, 0.05) is 12.5 Å². The zero-order valence-electron chi connectivity index (χ0n) is 14.5. The second-order valence-corrected chi connectivity index (χ2v) is 6.86. The Kier molecular flexibility index (Phi) is 5.53. The van der Waals surface area contributed by atoms with Crippen LogP contribution < -0.4 is 10.1 Å². The van der Waals surface area contributed by atoms with Gasteiger partial charge >= 0.3 is 0 Å². The summed E-state index contributed by atoms with van der Waals surface area (Å²) in [5, 5.41) is 2.83. The second-order valence-electron chi connectivity index (χ2n) is 5.83. The molecule has 0 saturated carbocycles. The molecule has 0 atom stereocenters. The number of amides is 2. The maximum Gasteiger partial charge on any atom is 0.286 e. The average Bonchev–Trinajstić information content (AvgIpc) is 2.94. The summed E-state index contributed by atoms with van der Waals surface area (Å²) < 4.78 is 5.93. The van der Waals surface area contributed by atoms with E-state index in [4.69, 9.17) is 4.74 Å². The number of benzene rings is 2. The second kappa shape index (κ2) is 8.01. The van der Waals surface area contributed by atoms with Crippen LogP contribution in [0.4, 0.5) is 0 Å². The van der Waals surface area contributed by atoms with Crippen molar-refractivity contribution in [2.45, 2.75) is 20.5 Å². The molecule has 26 heavy (non-hydrogen) atoms. The molecular formula is C20H18N2O3S. The van der Waals surface area contributed by atoms with E-state index in [2.05, 4.69) is 10.3 Å². The zero-order valence-corrected chi connectivity index (χ0v) is 15.3. The average molecular weight is 366 g/mol. The van der Waals surface area contributed by atoms with Crippen LogP contribution in [0, 0.1) is 6.92 Å². The highest BCUT2D eigenvalue weighted by molar-refractivity contribution is 8.18. The molecule has 0 fully saturated rings. The Hall–Kier alpha value is -2.86. The van der Waals surface area contributed by atoms with E-state index in [1.54, 1.807) is 6.08 Å². The van der Waals surface area contributed by atoms with Crippen molar-refractivity contribution in [3.8, 4) is 5.75 Å². The van der Waals surface area contributed by atoms with Crippen LogP contribution in [0.3, 0.4) is 0 Å². The smallest absolute Gasteiger partial charge is 0.286 e. The molecule has 0 radical (unpaired) electrons. The molecule has 2 amide bonds. The summed E-state index contributed by atoms with van der Waals surface area (Å²) in [7, 11) is 0. The molecule has 6 heteroatoms. The topological polar surface area (TPSA) is 67.8 Å². The normalized spacial score (nSPS) is 15.1. The number of carbonyl (C=O) groups is 2. The first-order valence-corrected chi connectivity index (χ1v) is 8.90. The summed E-state index contributed by atoms with van der Waals surface area (Å²) in [4.78, 5) is 27.4. The van der Waals surface area contributed by atoms with E-state index in [1.165, 1.54) is 12.5 Å². The lowest BCUT2D eigenvalue weighted by molar-refractivity contribution is -0.117. The molecule has 0 aromatic heterocycles. The van der Waals surface area contributed by atoms with Gasteiger partial charge < -0.3 is 10.1 Å². The summed E-state index contributed by atoms with van der Waals surface area (Å²) in [6.45, 7) is 3.86. The third-order valence-electron chi connectivity index (χ3n) is 3.62. The van der Waals surface area contributed by atoms with Crippen molar-refractivity contribution in [2.24, 2.45) is 4.99 Å². The van der Waals surface area contributed by atoms with Crippen LogP contribution in [0.5, 0.6) is 5.75 Å². The van der Waals surface area contributed by atoms with E-state index in [-0.39, 0.29) is 11.8 Å². The highest BCUT2D eigenvalue weighted by atomic mass is 32.2. The predicted octanol–water partition coefficient (Wildman–Crippen LogP) is 3.68. The van der Waals surface area contributed by atoms with Gasteiger partial charge in [0.25, 0.3) is 5.91 Å². The third kappa shape index (κ3) is 4.61. The number of carbonyl (C=O) groups excluding carboxylic acids is 2. The van der Waals surface area contributed by atoms with Gasteiger partial charge in [-0.1, -0.05) is 48.0 Å². The van der Waals surface area contributed by atoms with Crippen molar-refractivity contribution in [1.29, 1.82) is 0 Å². The highest BCUT2D eigenvalue weighted by Gasteiger charge is 2.22. The van der Waals surface area contributed by atoms with E-state index >= 15 is 0 Å². The Morgan fingerprint density at radius 2 is 1.92 bits per heavy atom. The SMILES string of the molecule is CC(=O)NC1=NC(=O)/C(=C/c2ccccc2OCc2ccc(C)cc2)S1. The summed E-state index contributed by atoms with van der Waals surface area (Å²) in [5.74, 6) is 0.0566. The molecule has 0 saturated heterocycles. The fourth-order valence-corrected chi connectivity index (χ4v) is 3.18. The Bertz CT molecular complexity index is 902. The molecule has 1 heterocycles. The van der Waals surface area contributed by atoms with Gasteiger partial charge in [0.15, 0.2) is 5.17 Å². The number of hydrogen-bond donors (Lipinski definition) is 1. The Balaban J connectivity index is 1.74. The first kappa shape index (κ1) is 17.9. The fraction of sp³-hybridized carbons (Fsp3) is 0.150. The quantitative estimate of drug-likeness (QED) is 0.838. The molecule has 5 nitrogen and oxygen atoms in total. The van der Waals surface area contributed by atoms with Crippen molar-refractivity contribution in [1.82, 2.24) is 5.32 Å². The van der Waals surface area contributed by atoms with Crippen LogP contribution in [-0.2, 0) is 16.2 Å². The molecule has 2 aromatic carbocycles. The van der Waals surface area contributed by atoms with Gasteiger partial charge in [-0.2, -0.15) is 4.99 Å². The summed E-state index contributed by atoms with van der Waals surface area (Å²) in [6.07, 6.45) is 1.73. The maximum atomic E-state index is 12.0. The first-order chi connectivity index (χ1) is 12.5. The largest absolute Gasteiger partial charge is 0.488 e. The molecule has 0 bridgehead atoms. The molecule has 0 spiro atoms. The first-order valence-electron chi connectivity index (χ1n) is 8.09. The van der Waals surface area contributed by atoms with Crippen LogP contribution in [0.25, 0.3) is 6.08 Å². The summed E-state index contributed by atoms with van der Waals surface area (Å²) >= 11 is 1.14. The van der Waals surface area contributed by atoms with E-state index in [1.807, 2.05) is 55.5 Å². The monoisotopic (exact) mass is 366 g/mol. The summed E-state index contributed by atoms with van der Waals surface area (Å²) in [5.41, 5.74) is 3.06. The molecular weight excluding hydrogens is 348 g/mol. The molecule has 1 N–H and O–H groups in total. The standard InChI is InChI=1S/C20H18N2O3S/c1-13-7-9-15(10-8-13)12-25-17-6-4-3-5-16(17)11-18-19(24)22-20(26-18)21-14(2)23/h3-11H,12H2,1-2H3,(H,21,22,23,24)/b18-11-. The molecule has 2 aromatic rings. The van der Waals surface area contributed by atoms with Crippen LogP contribution in [0.1, 0.15) is 23.6 Å². The molecule has 132 valence electrons. The van der Waals surface area contributed by atoms with E-state index in [9.17, 15) is 9.59 Å². The molecule has 0 unspecified atom stereocenters. The minimum Gasteiger partial charge on any atom is -0.488 e. The van der Waals surface area contributed by atoms with Crippen molar-refractivity contribution in [3.63, 3.8) is 0 Å². The number of nitrogens with one attached hydrogen (secondary N) is 1. The minimum absolute atomic E-state index is 0.257. The molecule has 3 rings (SSSR count). The van der Waals surface area contributed by atoms with Gasteiger partial charge in [-0.3, -0.25) is 9.59 Å². The minimum atomic E-state index is -0.368. The van der Waals surface area contributed by atoms with Crippen LogP contribution in [0.2, 0.25) is 0 Å². The number of amidine groups is 1. The Morgan fingerprint density at radius 3 is 2.65 bits per heavy atom. The van der Waals surface area contributed by atoms with E-state index < -0.39 is 0 Å². The van der Waals surface area contributed by atoms with Crippen LogP contribution >= 0.6 is 11.8 Å². The van der Waals surface area contributed by atoms with E-state index in [0.29, 0.717) is 22.4 Å². The van der Waals surface area contributed by atoms with Crippen molar-refractivity contribution < 1.29 is 14.3 Å². The van der Waals surface area contributed by atoms with Gasteiger partial charge in [0.05, 0.1) is 4.91 Å². The number of aliphatic imine (C=N–C) groups is 1. The van der Waals surface area contributed by atoms with Gasteiger partial charge in [-0.15, -0.1) is 0 Å². The molecule has 0 aliphatic carbocycles. The highest BCUT2D eigenvalue weighted by Crippen LogP contribution is 2.30. The number of ether oxygens (including phenoxy) is 1. The van der Waals surface area contributed by atoms with Gasteiger partial charge in [0.1, 0.15) is 12.4 Å². The van der Waals surface area contributed by atoms with Crippen LogP contribution in [-0.4, -0.2) is 17.0 Å². The molecule has 1 aliphatic rings. The lowest BCUT2D eigenvalue weighted by Gasteiger charge is -2.10. The van der Waals surface area contributed by atoms with Gasteiger partial charge in [-0.25, -0.2) is 0 Å². The zero-order chi connectivity index (χ0) is 18.5. The number of nitrogens with zero attached hydrogens (tertiary/aromatic N) is 1. The number of rotatable bonds is 4. The fourth-order valence-electron chi connectivity index (χ4n) is 2.33. The number of thioether (sulfide) groups is 1. The van der Waals surface area contributed by atoms with Crippen LogP contribution in [0.15, 0.2) is 58.4 Å². The lowest BCUT2D eigenvalue weighted by Crippen LogP contribution is -2.23. The lowest BCUT2D eigenvalue weighted by atomic mass is 10.1. The maximum absolute atomic E-state index is 12.0.